The fraction of sp³-hybridized carbons (Fsp3) is 0.625. The summed E-state index contributed by atoms with van der Waals surface area (Å²) in [5.41, 5.74) is 0. The van der Waals surface area contributed by atoms with Crippen molar-refractivity contribution in [3.8, 4) is 5.75 Å². The summed E-state index contributed by atoms with van der Waals surface area (Å²) in [5, 5.41) is 3.34. The molecule has 0 saturated carbocycles. The first-order valence-electron chi connectivity index (χ1n) is 8.29. The highest BCUT2D eigenvalue weighted by atomic mass is 32.2. The van der Waals surface area contributed by atoms with E-state index < -0.39 is 10.0 Å². The molecule has 1 atom stereocenters. The summed E-state index contributed by atoms with van der Waals surface area (Å²) in [6.45, 7) is 7.66. The van der Waals surface area contributed by atoms with Crippen LogP contribution in [0, 0.1) is 0 Å². The van der Waals surface area contributed by atoms with Gasteiger partial charge in [-0.05, 0) is 37.6 Å². The molecule has 0 bridgehead atoms. The van der Waals surface area contributed by atoms with Gasteiger partial charge in [0.25, 0.3) is 0 Å². The Hall–Kier alpha value is -1.15. The summed E-state index contributed by atoms with van der Waals surface area (Å²) < 4.78 is 32.6. The Morgan fingerprint density at radius 2 is 1.87 bits per heavy atom. The van der Waals surface area contributed by atoms with E-state index in [2.05, 4.69) is 10.2 Å². The van der Waals surface area contributed by atoms with Crippen molar-refractivity contribution in [3.05, 3.63) is 24.3 Å². The highest BCUT2D eigenvalue weighted by Crippen LogP contribution is 2.25. The zero-order valence-electron chi connectivity index (χ0n) is 13.6. The number of rotatable bonds is 5. The molecule has 2 saturated heterocycles. The van der Waals surface area contributed by atoms with Gasteiger partial charge in [-0.3, -0.25) is 4.90 Å². The molecule has 0 amide bonds. The van der Waals surface area contributed by atoms with Gasteiger partial charge in [-0.15, -0.1) is 0 Å². The predicted octanol–water partition coefficient (Wildman–Crippen LogP) is 0.754. The van der Waals surface area contributed by atoms with Gasteiger partial charge < -0.3 is 10.1 Å². The molecule has 2 heterocycles. The molecule has 128 valence electrons. The molecule has 1 aromatic carbocycles. The van der Waals surface area contributed by atoms with Gasteiger partial charge in [0.05, 0.1) is 11.5 Å². The molecular formula is C16H25N3O3S. The van der Waals surface area contributed by atoms with Crippen molar-refractivity contribution in [2.45, 2.75) is 24.3 Å². The molecule has 3 rings (SSSR count). The summed E-state index contributed by atoms with van der Waals surface area (Å²) in [6.07, 6.45) is 0.913. The van der Waals surface area contributed by atoms with Gasteiger partial charge in [0.2, 0.25) is 10.0 Å². The number of nitrogens with zero attached hydrogens (tertiary/aromatic N) is 2. The largest absolute Gasteiger partial charge is 0.494 e. The first kappa shape index (κ1) is 16.7. The highest BCUT2D eigenvalue weighted by Gasteiger charge is 2.35. The molecule has 0 aliphatic carbocycles. The summed E-state index contributed by atoms with van der Waals surface area (Å²) in [7, 11) is -3.41. The number of nitrogens with one attached hydrogen (secondary N) is 1. The molecule has 7 heteroatoms. The van der Waals surface area contributed by atoms with Crippen molar-refractivity contribution in [3.63, 3.8) is 0 Å². The van der Waals surface area contributed by atoms with Crippen molar-refractivity contribution in [1.82, 2.24) is 14.5 Å². The summed E-state index contributed by atoms with van der Waals surface area (Å²) in [4.78, 5) is 2.76. The lowest BCUT2D eigenvalue weighted by molar-refractivity contribution is 0.179. The van der Waals surface area contributed by atoms with Gasteiger partial charge >= 0.3 is 0 Å². The number of piperazine rings is 1. The molecule has 2 aliphatic heterocycles. The van der Waals surface area contributed by atoms with E-state index >= 15 is 0 Å². The van der Waals surface area contributed by atoms with E-state index in [0.29, 0.717) is 36.4 Å². The van der Waals surface area contributed by atoms with Crippen molar-refractivity contribution in [2.75, 3.05) is 45.9 Å². The van der Waals surface area contributed by atoms with Gasteiger partial charge in [-0.1, -0.05) is 0 Å². The third kappa shape index (κ3) is 3.68. The van der Waals surface area contributed by atoms with Crippen LogP contribution in [0.1, 0.15) is 13.3 Å². The second kappa shape index (κ2) is 7.17. The van der Waals surface area contributed by atoms with E-state index in [-0.39, 0.29) is 0 Å². The van der Waals surface area contributed by atoms with E-state index in [0.717, 1.165) is 32.6 Å². The topological polar surface area (TPSA) is 61.9 Å². The second-order valence-corrected chi connectivity index (χ2v) is 7.93. The minimum atomic E-state index is -3.41. The second-order valence-electron chi connectivity index (χ2n) is 6.00. The fourth-order valence-corrected chi connectivity index (χ4v) is 4.79. The molecule has 0 radical (unpaired) electrons. The molecule has 1 unspecified atom stereocenters. The molecule has 1 aromatic rings. The van der Waals surface area contributed by atoms with E-state index in [1.807, 2.05) is 6.92 Å². The van der Waals surface area contributed by atoms with Gasteiger partial charge in [-0.2, -0.15) is 4.31 Å². The van der Waals surface area contributed by atoms with Crippen LogP contribution in [-0.2, 0) is 10.0 Å². The van der Waals surface area contributed by atoms with E-state index in [4.69, 9.17) is 4.74 Å². The van der Waals surface area contributed by atoms with Crippen LogP contribution in [0.15, 0.2) is 29.2 Å². The van der Waals surface area contributed by atoms with Crippen LogP contribution in [0.25, 0.3) is 0 Å². The maximum Gasteiger partial charge on any atom is 0.243 e. The van der Waals surface area contributed by atoms with E-state index in [1.165, 1.54) is 0 Å². The highest BCUT2D eigenvalue weighted by molar-refractivity contribution is 7.89. The van der Waals surface area contributed by atoms with Crippen molar-refractivity contribution >= 4 is 10.0 Å². The molecule has 23 heavy (non-hydrogen) atoms. The molecule has 6 nitrogen and oxygen atoms in total. The monoisotopic (exact) mass is 339 g/mol. The summed E-state index contributed by atoms with van der Waals surface area (Å²) in [6, 6.07) is 7.06. The van der Waals surface area contributed by atoms with Crippen LogP contribution in [-0.4, -0.2) is 69.5 Å². The normalized spacial score (nSPS) is 24.0. The Bertz CT molecular complexity index is 612. The first-order valence-corrected chi connectivity index (χ1v) is 9.73. The Kier molecular flexibility index (Phi) is 5.21. The minimum Gasteiger partial charge on any atom is -0.494 e. The lowest BCUT2D eigenvalue weighted by Gasteiger charge is -2.32. The summed E-state index contributed by atoms with van der Waals surface area (Å²) >= 11 is 0. The zero-order valence-corrected chi connectivity index (χ0v) is 14.4. The standard InChI is InChI=1S/C16H25N3O3S/c1-2-22-15-3-5-16(6-4-15)23(20,21)19-10-7-14(13-19)18-11-8-17-9-12-18/h3-6,14,17H,2,7-13H2,1H3. The van der Waals surface area contributed by atoms with Crippen molar-refractivity contribution < 1.29 is 13.2 Å². The van der Waals surface area contributed by atoms with Crippen LogP contribution in [0.3, 0.4) is 0 Å². The van der Waals surface area contributed by atoms with Crippen molar-refractivity contribution in [1.29, 1.82) is 0 Å². The Balaban J connectivity index is 1.67. The Morgan fingerprint density at radius 1 is 1.17 bits per heavy atom. The minimum absolute atomic E-state index is 0.342. The van der Waals surface area contributed by atoms with Gasteiger partial charge in [0.1, 0.15) is 5.75 Å². The molecule has 0 aromatic heterocycles. The van der Waals surface area contributed by atoms with Crippen LogP contribution in [0.5, 0.6) is 5.75 Å². The molecule has 2 fully saturated rings. The maximum atomic E-state index is 12.8. The lowest BCUT2D eigenvalue weighted by atomic mass is 10.2. The average Bonchev–Trinajstić information content (AvgIpc) is 3.07. The SMILES string of the molecule is CCOc1ccc(S(=O)(=O)N2CCC(N3CCNCC3)C2)cc1. The zero-order chi connectivity index (χ0) is 16.3. The van der Waals surface area contributed by atoms with Crippen LogP contribution < -0.4 is 10.1 Å². The summed E-state index contributed by atoms with van der Waals surface area (Å²) in [5.74, 6) is 0.701. The lowest BCUT2D eigenvalue weighted by Crippen LogP contribution is -2.49. The molecule has 0 spiro atoms. The third-order valence-corrected chi connectivity index (χ3v) is 6.45. The van der Waals surface area contributed by atoms with Gasteiger partial charge in [0.15, 0.2) is 0 Å². The number of benzene rings is 1. The first-order chi connectivity index (χ1) is 11.1. The van der Waals surface area contributed by atoms with Crippen LogP contribution >= 0.6 is 0 Å². The average molecular weight is 339 g/mol. The number of sulfonamides is 1. The Labute approximate surface area is 138 Å². The molecular weight excluding hydrogens is 314 g/mol. The van der Waals surface area contributed by atoms with Crippen LogP contribution in [0.2, 0.25) is 0 Å². The van der Waals surface area contributed by atoms with E-state index in [9.17, 15) is 8.42 Å². The maximum absolute atomic E-state index is 12.8. The number of ether oxygens (including phenoxy) is 1. The molecule has 1 N–H and O–H groups in total. The fourth-order valence-electron chi connectivity index (χ4n) is 3.30. The Morgan fingerprint density at radius 3 is 2.52 bits per heavy atom. The predicted molar refractivity (Wildman–Crippen MR) is 89.2 cm³/mol. The van der Waals surface area contributed by atoms with E-state index in [1.54, 1.807) is 28.6 Å². The number of hydrogen-bond donors (Lipinski definition) is 1. The van der Waals surface area contributed by atoms with Crippen molar-refractivity contribution in [2.24, 2.45) is 0 Å². The number of hydrogen-bond acceptors (Lipinski definition) is 5. The third-order valence-electron chi connectivity index (χ3n) is 4.57. The van der Waals surface area contributed by atoms with Crippen LogP contribution in [0.4, 0.5) is 0 Å². The smallest absolute Gasteiger partial charge is 0.243 e. The van der Waals surface area contributed by atoms with Gasteiger partial charge in [0, 0.05) is 45.3 Å². The molecule has 2 aliphatic rings. The van der Waals surface area contributed by atoms with Gasteiger partial charge in [-0.25, -0.2) is 8.42 Å². The quantitative estimate of drug-likeness (QED) is 0.858.